The number of halogens is 2. The van der Waals surface area contributed by atoms with Gasteiger partial charge < -0.3 is 20.1 Å². The van der Waals surface area contributed by atoms with Crippen molar-refractivity contribution in [3.8, 4) is 11.5 Å². The SMILES string of the molecule is COc1ccc(OCCNc2ccc(C(=O)Nc3c(F)cccc3F)nc2)cc1. The summed E-state index contributed by atoms with van der Waals surface area (Å²) in [4.78, 5) is 16.2. The lowest BCUT2D eigenvalue weighted by atomic mass is 10.2. The Kier molecular flexibility index (Phi) is 6.57. The van der Waals surface area contributed by atoms with Crippen LogP contribution in [-0.4, -0.2) is 31.2 Å². The van der Waals surface area contributed by atoms with Gasteiger partial charge in [-0.1, -0.05) is 6.07 Å². The van der Waals surface area contributed by atoms with E-state index in [0.29, 0.717) is 18.8 Å². The van der Waals surface area contributed by atoms with Gasteiger partial charge in [0, 0.05) is 6.54 Å². The van der Waals surface area contributed by atoms with Crippen molar-refractivity contribution in [3.63, 3.8) is 0 Å². The predicted molar refractivity (Wildman–Crippen MR) is 106 cm³/mol. The Morgan fingerprint density at radius 3 is 2.31 bits per heavy atom. The highest BCUT2D eigenvalue weighted by Gasteiger charge is 2.14. The van der Waals surface area contributed by atoms with E-state index in [1.807, 2.05) is 24.3 Å². The van der Waals surface area contributed by atoms with Crippen LogP contribution in [0.5, 0.6) is 11.5 Å². The monoisotopic (exact) mass is 399 g/mol. The number of rotatable bonds is 8. The zero-order valence-electron chi connectivity index (χ0n) is 15.6. The van der Waals surface area contributed by atoms with Gasteiger partial charge in [0.05, 0.1) is 19.0 Å². The molecule has 150 valence electrons. The van der Waals surface area contributed by atoms with E-state index in [0.717, 1.165) is 23.6 Å². The number of amides is 1. The van der Waals surface area contributed by atoms with E-state index in [2.05, 4.69) is 15.6 Å². The lowest BCUT2D eigenvalue weighted by Gasteiger charge is -2.10. The molecule has 0 radical (unpaired) electrons. The molecule has 1 heterocycles. The summed E-state index contributed by atoms with van der Waals surface area (Å²) in [6, 6.07) is 13.7. The number of pyridine rings is 1. The van der Waals surface area contributed by atoms with Crippen molar-refractivity contribution < 1.29 is 23.0 Å². The molecule has 1 amide bonds. The van der Waals surface area contributed by atoms with Crippen LogP contribution in [0.1, 0.15) is 10.5 Å². The summed E-state index contributed by atoms with van der Waals surface area (Å²) < 4.78 is 37.9. The topological polar surface area (TPSA) is 72.5 Å². The second-order valence-corrected chi connectivity index (χ2v) is 5.93. The van der Waals surface area contributed by atoms with E-state index in [1.165, 1.54) is 18.3 Å². The van der Waals surface area contributed by atoms with Crippen LogP contribution in [0, 0.1) is 11.6 Å². The van der Waals surface area contributed by atoms with E-state index in [4.69, 9.17) is 9.47 Å². The zero-order chi connectivity index (χ0) is 20.6. The fourth-order valence-electron chi connectivity index (χ4n) is 2.46. The molecule has 8 heteroatoms. The Bertz CT molecular complexity index is 944. The fourth-order valence-corrected chi connectivity index (χ4v) is 2.46. The summed E-state index contributed by atoms with van der Waals surface area (Å²) in [7, 11) is 1.60. The lowest BCUT2D eigenvalue weighted by Crippen LogP contribution is -2.16. The van der Waals surface area contributed by atoms with Gasteiger partial charge >= 0.3 is 0 Å². The third-order valence-electron chi connectivity index (χ3n) is 3.96. The largest absolute Gasteiger partial charge is 0.497 e. The van der Waals surface area contributed by atoms with Gasteiger partial charge in [-0.25, -0.2) is 13.8 Å². The molecule has 0 aliphatic heterocycles. The third-order valence-corrected chi connectivity index (χ3v) is 3.96. The maximum atomic E-state index is 13.6. The summed E-state index contributed by atoms with van der Waals surface area (Å²) in [6.45, 7) is 0.931. The second-order valence-electron chi connectivity index (χ2n) is 5.93. The predicted octanol–water partition coefficient (Wildman–Crippen LogP) is 4.11. The van der Waals surface area contributed by atoms with E-state index < -0.39 is 23.2 Å². The number of hydrogen-bond donors (Lipinski definition) is 2. The molecular formula is C21H19F2N3O3. The zero-order valence-corrected chi connectivity index (χ0v) is 15.6. The molecule has 0 spiro atoms. The Hall–Kier alpha value is -3.68. The van der Waals surface area contributed by atoms with E-state index in [9.17, 15) is 13.6 Å². The normalized spacial score (nSPS) is 10.3. The van der Waals surface area contributed by atoms with Crippen LogP contribution in [0.4, 0.5) is 20.2 Å². The summed E-state index contributed by atoms with van der Waals surface area (Å²) in [5, 5.41) is 5.30. The quantitative estimate of drug-likeness (QED) is 0.558. The first-order valence-electron chi connectivity index (χ1n) is 8.79. The van der Waals surface area contributed by atoms with Crippen molar-refractivity contribution in [2.75, 3.05) is 30.9 Å². The molecule has 0 saturated carbocycles. The molecule has 0 bridgehead atoms. The summed E-state index contributed by atoms with van der Waals surface area (Å²) in [6.07, 6.45) is 1.46. The number of methoxy groups -OCH3 is 1. The maximum Gasteiger partial charge on any atom is 0.274 e. The number of carbonyl (C=O) groups excluding carboxylic acids is 1. The van der Waals surface area contributed by atoms with Crippen LogP contribution < -0.4 is 20.1 Å². The molecule has 2 N–H and O–H groups in total. The minimum Gasteiger partial charge on any atom is -0.497 e. The number of para-hydroxylation sites is 1. The second kappa shape index (κ2) is 9.50. The van der Waals surface area contributed by atoms with Gasteiger partial charge in [0.1, 0.15) is 41.1 Å². The van der Waals surface area contributed by atoms with Crippen molar-refractivity contribution in [1.29, 1.82) is 0 Å². The molecule has 0 fully saturated rings. The number of ether oxygens (including phenoxy) is 2. The molecule has 3 rings (SSSR count). The highest BCUT2D eigenvalue weighted by Crippen LogP contribution is 2.19. The molecule has 1 aromatic heterocycles. The average molecular weight is 399 g/mol. The van der Waals surface area contributed by atoms with E-state index >= 15 is 0 Å². The molecule has 0 unspecified atom stereocenters. The fraction of sp³-hybridized carbons (Fsp3) is 0.143. The van der Waals surface area contributed by atoms with Crippen LogP contribution >= 0.6 is 0 Å². The molecule has 3 aromatic rings. The van der Waals surface area contributed by atoms with Crippen molar-refractivity contribution in [2.24, 2.45) is 0 Å². The Morgan fingerprint density at radius 2 is 1.69 bits per heavy atom. The van der Waals surface area contributed by atoms with Gasteiger partial charge in [0.2, 0.25) is 0 Å². The third kappa shape index (κ3) is 5.41. The van der Waals surface area contributed by atoms with E-state index in [-0.39, 0.29) is 5.69 Å². The minimum atomic E-state index is -0.853. The number of nitrogens with one attached hydrogen (secondary N) is 2. The van der Waals surface area contributed by atoms with Gasteiger partial charge in [-0.3, -0.25) is 4.79 Å². The number of anilines is 2. The maximum absolute atomic E-state index is 13.6. The van der Waals surface area contributed by atoms with E-state index in [1.54, 1.807) is 13.2 Å². The van der Waals surface area contributed by atoms with Gasteiger partial charge in [0.15, 0.2) is 0 Å². The molecule has 0 aliphatic rings. The Balaban J connectivity index is 1.48. The van der Waals surface area contributed by atoms with Gasteiger partial charge in [0.25, 0.3) is 5.91 Å². The molecule has 6 nitrogen and oxygen atoms in total. The molecular weight excluding hydrogens is 380 g/mol. The van der Waals surface area contributed by atoms with Crippen LogP contribution in [-0.2, 0) is 0 Å². The van der Waals surface area contributed by atoms with Crippen LogP contribution in [0.25, 0.3) is 0 Å². The first kappa shape index (κ1) is 20.1. The highest BCUT2D eigenvalue weighted by molar-refractivity contribution is 6.03. The number of nitrogens with zero attached hydrogens (tertiary/aromatic N) is 1. The van der Waals surface area contributed by atoms with Crippen molar-refractivity contribution in [3.05, 3.63) is 78.1 Å². The summed E-state index contributed by atoms with van der Waals surface area (Å²) >= 11 is 0. The Labute approximate surface area is 166 Å². The van der Waals surface area contributed by atoms with Crippen LogP contribution in [0.2, 0.25) is 0 Å². The molecule has 0 aliphatic carbocycles. The first-order chi connectivity index (χ1) is 14.1. The number of aromatic nitrogens is 1. The number of benzene rings is 2. The first-order valence-corrected chi connectivity index (χ1v) is 8.79. The van der Waals surface area contributed by atoms with Crippen molar-refractivity contribution in [1.82, 2.24) is 4.98 Å². The highest BCUT2D eigenvalue weighted by atomic mass is 19.1. The average Bonchev–Trinajstić information content (AvgIpc) is 2.74. The number of carbonyl (C=O) groups is 1. The van der Waals surface area contributed by atoms with Crippen molar-refractivity contribution in [2.45, 2.75) is 0 Å². The molecule has 0 atom stereocenters. The summed E-state index contributed by atoms with van der Waals surface area (Å²) in [5.74, 6) is -0.938. The Morgan fingerprint density at radius 1 is 1.00 bits per heavy atom. The molecule has 2 aromatic carbocycles. The van der Waals surface area contributed by atoms with Gasteiger partial charge in [-0.05, 0) is 48.5 Å². The van der Waals surface area contributed by atoms with Crippen LogP contribution in [0.15, 0.2) is 60.8 Å². The standard InChI is InChI=1S/C21H19F2N3O3/c1-28-15-6-8-16(9-7-15)29-12-11-24-14-5-10-19(25-13-14)21(27)26-20-17(22)3-2-4-18(20)23/h2-10,13,24H,11-12H2,1H3,(H,26,27). The molecule has 0 saturated heterocycles. The number of hydrogen-bond acceptors (Lipinski definition) is 5. The molecule has 29 heavy (non-hydrogen) atoms. The summed E-state index contributed by atoms with van der Waals surface area (Å²) in [5.41, 5.74) is 0.210. The smallest absolute Gasteiger partial charge is 0.274 e. The van der Waals surface area contributed by atoms with Gasteiger partial charge in [-0.2, -0.15) is 0 Å². The van der Waals surface area contributed by atoms with Gasteiger partial charge in [-0.15, -0.1) is 0 Å². The van der Waals surface area contributed by atoms with Crippen LogP contribution in [0.3, 0.4) is 0 Å². The van der Waals surface area contributed by atoms with Crippen molar-refractivity contribution >= 4 is 17.3 Å². The lowest BCUT2D eigenvalue weighted by molar-refractivity contribution is 0.102. The minimum absolute atomic E-state index is 0.0349.